The first-order valence-corrected chi connectivity index (χ1v) is 4.65. The lowest BCUT2D eigenvalue weighted by Crippen LogP contribution is -1.93. The molecule has 0 aliphatic heterocycles. The summed E-state index contributed by atoms with van der Waals surface area (Å²) in [5.74, 6) is 4.45. The molecule has 0 aliphatic carbocycles. The van der Waals surface area contributed by atoms with E-state index in [9.17, 15) is 20.0 Å². The van der Waals surface area contributed by atoms with Gasteiger partial charge in [-0.05, 0) is 6.07 Å². The van der Waals surface area contributed by atoms with E-state index in [2.05, 4.69) is 11.8 Å². The molecule has 0 unspecified atom stereocenters. The molecule has 0 spiro atoms. The first-order chi connectivity index (χ1) is 7.60. The molecule has 1 N–H and O–H groups in total. The number of nitro benzene ring substituents is 1. The first kappa shape index (κ1) is 12.0. The Morgan fingerprint density at radius 2 is 2.25 bits per heavy atom. The van der Waals surface area contributed by atoms with Gasteiger partial charge in [0.15, 0.2) is 6.29 Å². The zero-order valence-corrected chi connectivity index (χ0v) is 8.69. The van der Waals surface area contributed by atoms with Crippen LogP contribution < -0.4 is 0 Å². The van der Waals surface area contributed by atoms with Crippen LogP contribution in [0.2, 0.25) is 0 Å². The summed E-state index contributed by atoms with van der Waals surface area (Å²) < 4.78 is 0. The van der Waals surface area contributed by atoms with E-state index in [0.29, 0.717) is 6.29 Å². The number of hydrogen-bond donors (Lipinski definition) is 1. The predicted molar refractivity (Wildman–Crippen MR) is 57.7 cm³/mol. The molecule has 5 nitrogen and oxygen atoms in total. The molecule has 0 bridgehead atoms. The van der Waals surface area contributed by atoms with Gasteiger partial charge in [0.05, 0.1) is 16.4 Å². The van der Waals surface area contributed by atoms with E-state index >= 15 is 0 Å². The molecule has 6 heteroatoms. The zero-order chi connectivity index (χ0) is 12.1. The minimum absolute atomic E-state index is 0.0745. The monoisotopic (exact) mass is 239 g/mol. The fraction of sp³-hybridized carbons (Fsp3) is 0.100. The number of aromatic hydroxyl groups is 1. The maximum absolute atomic E-state index is 10.6. The van der Waals surface area contributed by atoms with Gasteiger partial charge < -0.3 is 5.11 Å². The summed E-state index contributed by atoms with van der Waals surface area (Å²) in [5.41, 5.74) is -0.469. The Kier molecular flexibility index (Phi) is 3.86. The fourth-order valence-corrected chi connectivity index (χ4v) is 1.14. The van der Waals surface area contributed by atoms with Crippen molar-refractivity contribution in [1.29, 1.82) is 0 Å². The summed E-state index contributed by atoms with van der Waals surface area (Å²) in [4.78, 5) is 20.4. The van der Waals surface area contributed by atoms with Gasteiger partial charge in [0, 0.05) is 11.6 Å². The molecule has 0 saturated heterocycles. The molecule has 82 valence electrons. The van der Waals surface area contributed by atoms with E-state index in [-0.39, 0.29) is 17.0 Å². The van der Waals surface area contributed by atoms with E-state index < -0.39 is 16.4 Å². The van der Waals surface area contributed by atoms with E-state index in [4.69, 9.17) is 11.6 Å². The lowest BCUT2D eigenvalue weighted by molar-refractivity contribution is -0.385. The van der Waals surface area contributed by atoms with Crippen molar-refractivity contribution in [2.75, 3.05) is 5.88 Å². The second-order valence-corrected chi connectivity index (χ2v) is 3.01. The second-order valence-electron chi connectivity index (χ2n) is 2.74. The Morgan fingerprint density at radius 1 is 1.56 bits per heavy atom. The Hall–Kier alpha value is -2.06. The summed E-state index contributed by atoms with van der Waals surface area (Å²) >= 11 is 5.33. The minimum Gasteiger partial charge on any atom is -0.502 e. The zero-order valence-electron chi connectivity index (χ0n) is 7.94. The van der Waals surface area contributed by atoms with Crippen LogP contribution in [0.25, 0.3) is 0 Å². The molecule has 1 aromatic carbocycles. The number of hydrogen-bond acceptors (Lipinski definition) is 4. The summed E-state index contributed by atoms with van der Waals surface area (Å²) in [6.45, 7) is 0. The van der Waals surface area contributed by atoms with Crippen molar-refractivity contribution in [3.8, 4) is 17.6 Å². The van der Waals surface area contributed by atoms with Crippen LogP contribution in [0.15, 0.2) is 12.1 Å². The van der Waals surface area contributed by atoms with Crippen LogP contribution in [0.3, 0.4) is 0 Å². The fourth-order valence-electron chi connectivity index (χ4n) is 1.08. The van der Waals surface area contributed by atoms with E-state index in [1.165, 1.54) is 6.07 Å². The quantitative estimate of drug-likeness (QED) is 0.280. The van der Waals surface area contributed by atoms with Gasteiger partial charge >= 0.3 is 5.69 Å². The van der Waals surface area contributed by atoms with Crippen molar-refractivity contribution in [3.63, 3.8) is 0 Å². The maximum Gasteiger partial charge on any atom is 0.312 e. The lowest BCUT2D eigenvalue weighted by Gasteiger charge is -1.99. The van der Waals surface area contributed by atoms with Crippen LogP contribution in [-0.4, -0.2) is 22.2 Å². The third-order valence-electron chi connectivity index (χ3n) is 1.74. The third-order valence-corrected chi connectivity index (χ3v) is 1.88. The number of carbonyl (C=O) groups excluding carboxylic acids is 1. The molecule has 0 amide bonds. The molecule has 16 heavy (non-hydrogen) atoms. The number of phenolic OH excluding ortho intramolecular Hbond substituents is 1. The average molecular weight is 240 g/mol. The topological polar surface area (TPSA) is 80.4 Å². The van der Waals surface area contributed by atoms with Crippen LogP contribution in [0.4, 0.5) is 5.69 Å². The SMILES string of the molecule is O=Cc1cc(C#CCCl)cc([N+](=O)[O-])c1O. The minimum atomic E-state index is -0.784. The normalized spacial score (nSPS) is 9.06. The molecule has 0 saturated carbocycles. The highest BCUT2D eigenvalue weighted by Crippen LogP contribution is 2.29. The van der Waals surface area contributed by atoms with Crippen LogP contribution in [0.1, 0.15) is 15.9 Å². The Labute approximate surface area is 95.8 Å². The molecule has 0 aromatic heterocycles. The number of carbonyl (C=O) groups is 1. The van der Waals surface area contributed by atoms with E-state index in [0.717, 1.165) is 6.07 Å². The summed E-state index contributed by atoms with van der Waals surface area (Å²) in [6.07, 6.45) is 0.328. The van der Waals surface area contributed by atoms with Gasteiger partial charge in [-0.1, -0.05) is 11.8 Å². The molecule has 0 aliphatic rings. The van der Waals surface area contributed by atoms with Crippen molar-refractivity contribution in [3.05, 3.63) is 33.4 Å². The summed E-state index contributed by atoms with van der Waals surface area (Å²) in [6, 6.07) is 2.34. The number of nitrogens with zero attached hydrogens (tertiary/aromatic N) is 1. The number of halogens is 1. The van der Waals surface area contributed by atoms with Gasteiger partial charge in [-0.25, -0.2) is 0 Å². The molecule has 1 rings (SSSR count). The molecule has 0 radical (unpaired) electrons. The van der Waals surface area contributed by atoms with E-state index in [1.54, 1.807) is 0 Å². The number of aldehydes is 1. The maximum atomic E-state index is 10.6. The van der Waals surface area contributed by atoms with Crippen molar-refractivity contribution in [2.24, 2.45) is 0 Å². The number of phenols is 1. The highest BCUT2D eigenvalue weighted by Gasteiger charge is 2.18. The lowest BCUT2D eigenvalue weighted by atomic mass is 10.1. The number of nitro groups is 1. The molecular formula is C10H6ClNO4. The number of alkyl halides is 1. The predicted octanol–water partition coefficient (Wildman–Crippen LogP) is 1.70. The Balaban J connectivity index is 3.39. The second kappa shape index (κ2) is 5.14. The van der Waals surface area contributed by atoms with Crippen molar-refractivity contribution in [2.45, 2.75) is 0 Å². The molecule has 0 fully saturated rings. The molecule has 0 heterocycles. The highest BCUT2D eigenvalue weighted by atomic mass is 35.5. The number of rotatable bonds is 2. The van der Waals surface area contributed by atoms with Crippen LogP contribution in [-0.2, 0) is 0 Å². The smallest absolute Gasteiger partial charge is 0.312 e. The largest absolute Gasteiger partial charge is 0.502 e. The van der Waals surface area contributed by atoms with Crippen molar-refractivity contribution in [1.82, 2.24) is 0 Å². The summed E-state index contributed by atoms with van der Waals surface area (Å²) in [5, 5.41) is 19.9. The van der Waals surface area contributed by atoms with Crippen LogP contribution in [0, 0.1) is 22.0 Å². The van der Waals surface area contributed by atoms with Gasteiger partial charge in [0.2, 0.25) is 5.75 Å². The van der Waals surface area contributed by atoms with Crippen LogP contribution >= 0.6 is 11.6 Å². The Bertz CT molecular complexity index is 502. The third kappa shape index (κ3) is 2.49. The van der Waals surface area contributed by atoms with Gasteiger partial charge in [-0.3, -0.25) is 14.9 Å². The van der Waals surface area contributed by atoms with Gasteiger partial charge in [0.1, 0.15) is 0 Å². The van der Waals surface area contributed by atoms with Crippen LogP contribution in [0.5, 0.6) is 5.75 Å². The van der Waals surface area contributed by atoms with E-state index in [1.807, 2.05) is 0 Å². The average Bonchev–Trinajstić information content (AvgIpc) is 2.27. The summed E-state index contributed by atoms with van der Waals surface area (Å²) in [7, 11) is 0. The molecular weight excluding hydrogens is 234 g/mol. The molecule has 1 aromatic rings. The highest BCUT2D eigenvalue weighted by molar-refractivity contribution is 6.19. The van der Waals surface area contributed by atoms with Gasteiger partial charge in [-0.15, -0.1) is 11.6 Å². The molecule has 0 atom stereocenters. The first-order valence-electron chi connectivity index (χ1n) is 4.11. The van der Waals surface area contributed by atoms with Gasteiger partial charge in [0.25, 0.3) is 0 Å². The van der Waals surface area contributed by atoms with Crippen molar-refractivity contribution < 1.29 is 14.8 Å². The standard InChI is InChI=1S/C10H6ClNO4/c11-3-1-2-7-4-8(6-13)10(14)9(5-7)12(15)16/h4-6,14H,3H2. The number of benzene rings is 1. The van der Waals surface area contributed by atoms with Crippen molar-refractivity contribution >= 4 is 23.6 Å². The Morgan fingerprint density at radius 3 is 2.75 bits per heavy atom. The van der Waals surface area contributed by atoms with Gasteiger partial charge in [-0.2, -0.15) is 0 Å².